The number of aromatic nitrogens is 2. The first-order chi connectivity index (χ1) is 13.1. The predicted octanol–water partition coefficient (Wildman–Crippen LogP) is 2.99. The number of rotatable bonds is 6. The highest BCUT2D eigenvalue weighted by molar-refractivity contribution is 6.30. The predicted molar refractivity (Wildman–Crippen MR) is 102 cm³/mol. The fraction of sp³-hybridized carbons (Fsp3) is 0.100. The van der Waals surface area contributed by atoms with Crippen molar-refractivity contribution < 1.29 is 9.59 Å². The van der Waals surface area contributed by atoms with Gasteiger partial charge in [-0.25, -0.2) is 0 Å². The van der Waals surface area contributed by atoms with E-state index in [1.807, 2.05) is 18.2 Å². The average molecular weight is 381 g/mol. The number of nitrogens with zero attached hydrogens (tertiary/aromatic N) is 2. The summed E-state index contributed by atoms with van der Waals surface area (Å²) >= 11 is 5.84. The number of halogens is 1. The molecule has 3 rings (SSSR count). The number of carbonyl (C=O) groups excluding carboxylic acids is 2. The summed E-state index contributed by atoms with van der Waals surface area (Å²) in [6.07, 6.45) is 4.79. The summed E-state index contributed by atoms with van der Waals surface area (Å²) in [5, 5.41) is 6.20. The molecule has 0 saturated carbocycles. The van der Waals surface area contributed by atoms with Crippen LogP contribution in [0.3, 0.4) is 0 Å². The van der Waals surface area contributed by atoms with E-state index in [2.05, 4.69) is 20.6 Å². The summed E-state index contributed by atoms with van der Waals surface area (Å²) in [6.45, 7) is 0.697. The van der Waals surface area contributed by atoms with E-state index in [-0.39, 0.29) is 17.5 Å². The highest BCUT2D eigenvalue weighted by Crippen LogP contribution is 2.09. The van der Waals surface area contributed by atoms with Crippen molar-refractivity contribution in [3.8, 4) is 0 Å². The summed E-state index contributed by atoms with van der Waals surface area (Å²) in [6, 6.07) is 13.9. The second-order valence-corrected chi connectivity index (χ2v) is 6.22. The fourth-order valence-corrected chi connectivity index (χ4v) is 2.48. The van der Waals surface area contributed by atoms with Gasteiger partial charge in [-0.3, -0.25) is 19.6 Å². The Morgan fingerprint density at radius 2 is 1.63 bits per heavy atom. The number of hydrogen-bond acceptors (Lipinski definition) is 4. The van der Waals surface area contributed by atoms with Crippen LogP contribution in [0.4, 0.5) is 0 Å². The molecule has 0 spiro atoms. The summed E-state index contributed by atoms with van der Waals surface area (Å²) in [4.78, 5) is 32.6. The van der Waals surface area contributed by atoms with E-state index in [9.17, 15) is 9.59 Å². The van der Waals surface area contributed by atoms with Crippen LogP contribution in [0.25, 0.3) is 0 Å². The molecule has 0 aliphatic rings. The molecule has 2 aromatic heterocycles. The smallest absolute Gasteiger partial charge is 0.270 e. The SMILES string of the molecule is O=C(NCc1cccnc1)c1ccnc(C(=O)NCc2ccc(Cl)cc2)c1. The summed E-state index contributed by atoms with van der Waals surface area (Å²) in [5.74, 6) is -0.639. The topological polar surface area (TPSA) is 84.0 Å². The first kappa shape index (κ1) is 18.5. The third-order valence-corrected chi connectivity index (χ3v) is 4.05. The minimum atomic E-state index is -0.355. The van der Waals surface area contributed by atoms with Crippen molar-refractivity contribution >= 4 is 23.4 Å². The van der Waals surface area contributed by atoms with E-state index in [4.69, 9.17) is 11.6 Å². The summed E-state index contributed by atoms with van der Waals surface area (Å²) in [7, 11) is 0. The first-order valence-corrected chi connectivity index (χ1v) is 8.65. The molecule has 2 amide bonds. The normalized spacial score (nSPS) is 10.3. The van der Waals surface area contributed by atoms with Crippen LogP contribution in [0.1, 0.15) is 32.0 Å². The Labute approximate surface area is 161 Å². The minimum Gasteiger partial charge on any atom is -0.348 e. The van der Waals surface area contributed by atoms with Gasteiger partial charge in [0.1, 0.15) is 5.69 Å². The summed E-state index contributed by atoms with van der Waals surface area (Å²) in [5.41, 5.74) is 2.35. The van der Waals surface area contributed by atoms with Crippen molar-refractivity contribution in [1.29, 1.82) is 0 Å². The molecule has 7 heteroatoms. The molecule has 0 fully saturated rings. The number of benzene rings is 1. The lowest BCUT2D eigenvalue weighted by Gasteiger charge is -2.08. The molecule has 2 N–H and O–H groups in total. The van der Waals surface area contributed by atoms with Gasteiger partial charge in [-0.05, 0) is 41.5 Å². The van der Waals surface area contributed by atoms with Crippen LogP contribution in [0.15, 0.2) is 67.1 Å². The first-order valence-electron chi connectivity index (χ1n) is 8.27. The van der Waals surface area contributed by atoms with Crippen LogP contribution in [0.2, 0.25) is 5.02 Å². The van der Waals surface area contributed by atoms with Gasteiger partial charge in [0.2, 0.25) is 0 Å². The molecule has 27 heavy (non-hydrogen) atoms. The highest BCUT2D eigenvalue weighted by atomic mass is 35.5. The molecule has 0 unspecified atom stereocenters. The van der Waals surface area contributed by atoms with Gasteiger partial charge in [-0.1, -0.05) is 29.8 Å². The van der Waals surface area contributed by atoms with Gasteiger partial charge in [0.15, 0.2) is 0 Å². The van der Waals surface area contributed by atoms with Crippen molar-refractivity contribution in [2.24, 2.45) is 0 Å². The van der Waals surface area contributed by atoms with Gasteiger partial charge in [-0.15, -0.1) is 0 Å². The maximum Gasteiger partial charge on any atom is 0.270 e. The number of hydrogen-bond donors (Lipinski definition) is 2. The van der Waals surface area contributed by atoms with Crippen LogP contribution < -0.4 is 10.6 Å². The van der Waals surface area contributed by atoms with Crippen LogP contribution in [0.5, 0.6) is 0 Å². The standard InChI is InChI=1S/C20H17ClN4O2/c21-17-5-3-14(4-6-17)12-25-20(27)18-10-16(7-9-23-18)19(26)24-13-15-2-1-8-22-11-15/h1-11H,12-13H2,(H,24,26)(H,25,27). The lowest BCUT2D eigenvalue weighted by atomic mass is 10.2. The van der Waals surface area contributed by atoms with Gasteiger partial charge < -0.3 is 10.6 Å². The monoisotopic (exact) mass is 380 g/mol. The van der Waals surface area contributed by atoms with Gasteiger partial charge in [0.05, 0.1) is 0 Å². The van der Waals surface area contributed by atoms with Crippen molar-refractivity contribution in [3.05, 3.63) is 94.5 Å². The molecule has 2 heterocycles. The molecular formula is C20H17ClN4O2. The number of amides is 2. The zero-order valence-corrected chi connectivity index (χ0v) is 15.1. The Bertz CT molecular complexity index is 930. The quantitative estimate of drug-likeness (QED) is 0.688. The molecule has 136 valence electrons. The molecule has 0 atom stereocenters. The Balaban J connectivity index is 1.59. The number of pyridine rings is 2. The zero-order chi connectivity index (χ0) is 19.1. The van der Waals surface area contributed by atoms with E-state index in [0.717, 1.165) is 11.1 Å². The molecular weight excluding hydrogens is 364 g/mol. The maximum atomic E-state index is 12.3. The van der Waals surface area contributed by atoms with Crippen molar-refractivity contribution in [2.75, 3.05) is 0 Å². The van der Waals surface area contributed by atoms with Gasteiger partial charge in [0.25, 0.3) is 11.8 Å². The van der Waals surface area contributed by atoms with Crippen molar-refractivity contribution in [3.63, 3.8) is 0 Å². The van der Waals surface area contributed by atoms with Crippen molar-refractivity contribution in [1.82, 2.24) is 20.6 Å². The molecule has 0 saturated heterocycles. The number of nitrogens with one attached hydrogen (secondary N) is 2. The molecule has 0 aliphatic heterocycles. The lowest BCUT2D eigenvalue weighted by molar-refractivity contribution is 0.0946. The van der Waals surface area contributed by atoms with Crippen molar-refractivity contribution in [2.45, 2.75) is 13.1 Å². The minimum absolute atomic E-state index is 0.179. The molecule has 1 aromatic carbocycles. The van der Waals surface area contributed by atoms with E-state index >= 15 is 0 Å². The van der Waals surface area contributed by atoms with E-state index in [1.54, 1.807) is 36.7 Å². The third kappa shape index (κ3) is 5.36. The van der Waals surface area contributed by atoms with Crippen LogP contribution in [-0.4, -0.2) is 21.8 Å². The molecule has 0 aliphatic carbocycles. The van der Waals surface area contributed by atoms with Gasteiger partial charge >= 0.3 is 0 Å². The van der Waals surface area contributed by atoms with Crippen LogP contribution >= 0.6 is 11.6 Å². The number of carbonyl (C=O) groups is 2. The van der Waals surface area contributed by atoms with E-state index in [1.165, 1.54) is 12.3 Å². The van der Waals surface area contributed by atoms with Gasteiger partial charge in [0, 0.05) is 42.3 Å². The van der Waals surface area contributed by atoms with E-state index in [0.29, 0.717) is 23.7 Å². The Hall–Kier alpha value is -3.25. The second kappa shape index (κ2) is 8.91. The third-order valence-electron chi connectivity index (χ3n) is 3.80. The Morgan fingerprint density at radius 3 is 2.37 bits per heavy atom. The maximum absolute atomic E-state index is 12.3. The second-order valence-electron chi connectivity index (χ2n) is 5.78. The average Bonchev–Trinajstić information content (AvgIpc) is 2.72. The van der Waals surface area contributed by atoms with Crippen LogP contribution in [-0.2, 0) is 13.1 Å². The Kier molecular flexibility index (Phi) is 6.12. The highest BCUT2D eigenvalue weighted by Gasteiger charge is 2.12. The van der Waals surface area contributed by atoms with Crippen LogP contribution in [0, 0.1) is 0 Å². The zero-order valence-electron chi connectivity index (χ0n) is 14.4. The largest absolute Gasteiger partial charge is 0.348 e. The van der Waals surface area contributed by atoms with E-state index < -0.39 is 0 Å². The Morgan fingerprint density at radius 1 is 0.889 bits per heavy atom. The molecule has 0 bridgehead atoms. The molecule has 3 aromatic rings. The summed E-state index contributed by atoms with van der Waals surface area (Å²) < 4.78 is 0. The van der Waals surface area contributed by atoms with Gasteiger partial charge in [-0.2, -0.15) is 0 Å². The molecule has 0 radical (unpaired) electrons. The fourth-order valence-electron chi connectivity index (χ4n) is 2.36. The molecule has 6 nitrogen and oxygen atoms in total. The lowest BCUT2D eigenvalue weighted by Crippen LogP contribution is -2.26.